The van der Waals surface area contributed by atoms with Gasteiger partial charge in [0.1, 0.15) is 35.7 Å². The van der Waals surface area contributed by atoms with Crippen molar-refractivity contribution in [1.29, 1.82) is 0 Å². The summed E-state index contributed by atoms with van der Waals surface area (Å²) in [5.41, 5.74) is -0.267. The lowest BCUT2D eigenvalue weighted by molar-refractivity contribution is -0.237. The third kappa shape index (κ3) is 10.4. The predicted octanol–water partition coefficient (Wildman–Crippen LogP) is 4.43. The van der Waals surface area contributed by atoms with Crippen molar-refractivity contribution >= 4 is 29.6 Å². The Hall–Kier alpha value is -3.16. The number of hydrogen-bond acceptors (Lipinski definition) is 10. The maximum absolute atomic E-state index is 13.2. The molecule has 1 aromatic rings. The fourth-order valence-electron chi connectivity index (χ4n) is 5.35. The number of ether oxygens (including phenoxy) is 6. The summed E-state index contributed by atoms with van der Waals surface area (Å²) in [5, 5.41) is 5.95. The Kier molecular flexibility index (Phi) is 15.2. The van der Waals surface area contributed by atoms with Crippen LogP contribution in [0.25, 0.3) is 0 Å². The normalized spacial score (nSPS) is 21.5. The van der Waals surface area contributed by atoms with Gasteiger partial charge in [0.15, 0.2) is 5.72 Å². The van der Waals surface area contributed by atoms with Gasteiger partial charge in [-0.2, -0.15) is 0 Å². The van der Waals surface area contributed by atoms with Crippen LogP contribution >= 0.6 is 11.6 Å². The van der Waals surface area contributed by atoms with Crippen molar-refractivity contribution in [2.24, 2.45) is 0 Å². The van der Waals surface area contributed by atoms with Gasteiger partial charge in [-0.25, -0.2) is 4.79 Å². The van der Waals surface area contributed by atoms with Crippen molar-refractivity contribution in [3.05, 3.63) is 52.6 Å². The van der Waals surface area contributed by atoms with Gasteiger partial charge in [0.25, 0.3) is 0 Å². The molecule has 1 aliphatic rings. The highest BCUT2D eigenvalue weighted by atomic mass is 35.5. The molecule has 1 heterocycles. The van der Waals surface area contributed by atoms with E-state index in [4.69, 9.17) is 40.0 Å². The molecule has 2 amide bonds. The Morgan fingerprint density at radius 1 is 1.21 bits per heavy atom. The minimum atomic E-state index is -1.24. The fourth-order valence-corrected chi connectivity index (χ4v) is 5.55. The number of cyclic esters (lactones) is 1. The minimum Gasteiger partial charge on any atom is -0.495 e. The van der Waals surface area contributed by atoms with Crippen LogP contribution in [0, 0.1) is 0 Å². The van der Waals surface area contributed by atoms with Crippen LogP contribution in [0.2, 0.25) is 5.02 Å². The SMILES string of the molecule is CNC(=O)CC(OC(=O)C(C)NC)C(C)(C)OC(C)C1CC(OC)(C(/C=C/C=C(\C)Cc2ccc(Cl)c(OC)c2)OC)N(C)C(=O)O1. The molecule has 2 rings (SSSR count). The van der Waals surface area contributed by atoms with Crippen LogP contribution in [-0.4, -0.2) is 107 Å². The van der Waals surface area contributed by atoms with E-state index in [2.05, 4.69) is 10.6 Å². The van der Waals surface area contributed by atoms with Crippen molar-refractivity contribution < 1.29 is 42.8 Å². The highest BCUT2D eigenvalue weighted by molar-refractivity contribution is 6.32. The zero-order valence-corrected chi connectivity index (χ0v) is 30.2. The highest BCUT2D eigenvalue weighted by Crippen LogP contribution is 2.37. The quantitative estimate of drug-likeness (QED) is 0.180. The molecule has 47 heavy (non-hydrogen) atoms. The largest absolute Gasteiger partial charge is 0.495 e. The first-order chi connectivity index (χ1) is 22.1. The molecular formula is C34H52ClN3O9. The van der Waals surface area contributed by atoms with Gasteiger partial charge in [-0.1, -0.05) is 41.5 Å². The molecule has 2 N–H and O–H groups in total. The molecule has 1 aliphatic heterocycles. The van der Waals surface area contributed by atoms with Crippen molar-refractivity contribution in [3.8, 4) is 5.75 Å². The first-order valence-electron chi connectivity index (χ1n) is 15.5. The first-order valence-corrected chi connectivity index (χ1v) is 15.9. The number of hydrogen-bond donors (Lipinski definition) is 2. The van der Waals surface area contributed by atoms with Crippen molar-refractivity contribution in [2.75, 3.05) is 42.5 Å². The van der Waals surface area contributed by atoms with Gasteiger partial charge >= 0.3 is 12.1 Å². The van der Waals surface area contributed by atoms with E-state index in [1.54, 1.807) is 62.1 Å². The molecule has 1 fully saturated rings. The standard InChI is InChI=1S/C34H52ClN3O9/c1-21(17-24-15-16-25(35)26(18-24)42-9)13-12-14-28(43-10)34(44-11)20-27(45-32(41)38(34)8)23(3)47-33(4,5)29(19-30(39)37-7)46-31(40)22(2)36-6/h12-16,18,22-23,27-29,36H,17,19-20H2,1-11H3,(H,37,39)/b14-12+,21-13+. The lowest BCUT2D eigenvalue weighted by Gasteiger charge is -2.50. The lowest BCUT2D eigenvalue weighted by atomic mass is 9.91. The van der Waals surface area contributed by atoms with E-state index in [0.717, 1.165) is 11.1 Å². The third-order valence-electron chi connectivity index (χ3n) is 8.49. The van der Waals surface area contributed by atoms with Crippen LogP contribution in [0.5, 0.6) is 5.75 Å². The number of methoxy groups -OCH3 is 3. The number of benzene rings is 1. The van der Waals surface area contributed by atoms with Gasteiger partial charge in [-0.05, 0) is 65.8 Å². The summed E-state index contributed by atoms with van der Waals surface area (Å²) in [6.45, 7) is 8.88. The molecule has 0 radical (unpaired) electrons. The second-order valence-electron chi connectivity index (χ2n) is 12.2. The number of allylic oxidation sites excluding steroid dienone is 3. The molecule has 13 heteroatoms. The van der Waals surface area contributed by atoms with Crippen molar-refractivity contribution in [3.63, 3.8) is 0 Å². The molecular weight excluding hydrogens is 630 g/mol. The number of halogens is 1. The Morgan fingerprint density at radius 2 is 1.89 bits per heavy atom. The molecule has 0 aromatic heterocycles. The summed E-state index contributed by atoms with van der Waals surface area (Å²) in [5.74, 6) is -0.231. The summed E-state index contributed by atoms with van der Waals surface area (Å²) in [7, 11) is 9.37. The van der Waals surface area contributed by atoms with E-state index in [9.17, 15) is 14.4 Å². The maximum Gasteiger partial charge on any atom is 0.412 e. The minimum absolute atomic E-state index is 0.122. The Morgan fingerprint density at radius 3 is 2.47 bits per heavy atom. The molecule has 12 nitrogen and oxygen atoms in total. The molecule has 0 bridgehead atoms. The van der Waals surface area contributed by atoms with E-state index in [1.807, 2.05) is 37.3 Å². The van der Waals surface area contributed by atoms with E-state index < -0.39 is 53.8 Å². The molecule has 1 saturated heterocycles. The number of nitrogens with one attached hydrogen (secondary N) is 2. The van der Waals surface area contributed by atoms with Crippen LogP contribution in [0.1, 0.15) is 53.0 Å². The topological polar surface area (TPSA) is 134 Å². The number of carbonyl (C=O) groups is 3. The summed E-state index contributed by atoms with van der Waals surface area (Å²) >= 11 is 6.17. The number of rotatable bonds is 17. The fraction of sp³-hybridized carbons (Fsp3) is 0.618. The van der Waals surface area contributed by atoms with Crippen LogP contribution in [-0.2, 0) is 39.7 Å². The Bertz CT molecular complexity index is 1290. The average molecular weight is 682 g/mol. The zero-order valence-electron chi connectivity index (χ0n) is 29.5. The van der Waals surface area contributed by atoms with Gasteiger partial charge in [0.2, 0.25) is 5.91 Å². The van der Waals surface area contributed by atoms with E-state index in [-0.39, 0.29) is 18.7 Å². The van der Waals surface area contributed by atoms with Gasteiger partial charge in [0, 0.05) is 34.7 Å². The van der Waals surface area contributed by atoms with Gasteiger partial charge in [-0.15, -0.1) is 0 Å². The second-order valence-corrected chi connectivity index (χ2v) is 12.6. The smallest absolute Gasteiger partial charge is 0.412 e. The Labute approximate surface area is 284 Å². The number of carbonyl (C=O) groups excluding carboxylic acids is 3. The van der Waals surface area contributed by atoms with Crippen LogP contribution in [0.4, 0.5) is 4.79 Å². The molecule has 264 valence electrons. The monoisotopic (exact) mass is 681 g/mol. The third-order valence-corrected chi connectivity index (χ3v) is 8.80. The molecule has 0 saturated carbocycles. The molecule has 0 spiro atoms. The van der Waals surface area contributed by atoms with Crippen LogP contribution in [0.3, 0.4) is 0 Å². The summed E-state index contributed by atoms with van der Waals surface area (Å²) in [6, 6.07) is 5.07. The maximum atomic E-state index is 13.2. The number of esters is 1. The number of nitrogens with zero attached hydrogens (tertiary/aromatic N) is 1. The molecule has 1 aromatic carbocycles. The first kappa shape index (κ1) is 40.0. The summed E-state index contributed by atoms with van der Waals surface area (Å²) in [4.78, 5) is 39.6. The molecule has 0 aliphatic carbocycles. The van der Waals surface area contributed by atoms with Gasteiger partial charge in [-0.3, -0.25) is 14.5 Å². The lowest BCUT2D eigenvalue weighted by Crippen LogP contribution is -2.65. The van der Waals surface area contributed by atoms with Crippen LogP contribution in [0.15, 0.2) is 42.0 Å². The molecule has 6 atom stereocenters. The highest BCUT2D eigenvalue weighted by Gasteiger charge is 2.53. The average Bonchev–Trinajstić information content (AvgIpc) is 3.04. The van der Waals surface area contributed by atoms with E-state index in [0.29, 0.717) is 17.2 Å². The van der Waals surface area contributed by atoms with E-state index in [1.165, 1.54) is 19.1 Å². The second kappa shape index (κ2) is 17.8. The Balaban J connectivity index is 2.29. The van der Waals surface area contributed by atoms with Crippen molar-refractivity contribution in [1.82, 2.24) is 15.5 Å². The number of amides is 2. The van der Waals surface area contributed by atoms with Crippen LogP contribution < -0.4 is 15.4 Å². The van der Waals surface area contributed by atoms with Gasteiger partial charge in [0.05, 0.1) is 24.7 Å². The summed E-state index contributed by atoms with van der Waals surface area (Å²) in [6.07, 6.45) is 2.72. The molecule has 6 unspecified atom stereocenters. The summed E-state index contributed by atoms with van der Waals surface area (Å²) < 4.78 is 35.2. The van der Waals surface area contributed by atoms with E-state index >= 15 is 0 Å². The predicted molar refractivity (Wildman–Crippen MR) is 180 cm³/mol. The van der Waals surface area contributed by atoms with Crippen molar-refractivity contribution in [2.45, 2.75) is 95.7 Å². The van der Waals surface area contributed by atoms with Gasteiger partial charge < -0.3 is 39.1 Å². The number of likely N-dealkylation sites (N-methyl/N-ethyl adjacent to an activating group) is 2. The zero-order chi connectivity index (χ0) is 35.5.